The van der Waals surface area contributed by atoms with Gasteiger partial charge >= 0.3 is 0 Å². The van der Waals surface area contributed by atoms with Gasteiger partial charge in [-0.1, -0.05) is 11.6 Å². The molecule has 0 aromatic heterocycles. The van der Waals surface area contributed by atoms with Crippen molar-refractivity contribution in [1.82, 2.24) is 4.90 Å². The zero-order chi connectivity index (χ0) is 21.8. The topological polar surface area (TPSA) is 66.5 Å². The average Bonchev–Trinajstić information content (AvgIpc) is 2.71. The second-order valence-electron chi connectivity index (χ2n) is 7.70. The molecule has 10 heteroatoms. The summed E-state index contributed by atoms with van der Waals surface area (Å²) in [4.78, 5) is 14.5. The Bertz CT molecular complexity index is 1110. The Labute approximate surface area is 176 Å². The summed E-state index contributed by atoms with van der Waals surface area (Å²) in [5, 5.41) is 1.64. The van der Waals surface area contributed by atoms with Gasteiger partial charge in [-0.15, -0.1) is 0 Å². The number of hydrogen-bond acceptors (Lipinski definition) is 4. The van der Waals surface area contributed by atoms with E-state index in [1.54, 1.807) is 0 Å². The normalized spacial score (nSPS) is 23.7. The zero-order valence-corrected chi connectivity index (χ0v) is 17.4. The lowest BCUT2D eigenvalue weighted by Crippen LogP contribution is -2.61. The maximum absolute atomic E-state index is 13.4. The van der Waals surface area contributed by atoms with Crippen molar-refractivity contribution >= 4 is 33.0 Å². The van der Waals surface area contributed by atoms with Gasteiger partial charge in [-0.3, -0.25) is 4.79 Å². The molecule has 1 aliphatic carbocycles. The molecule has 2 saturated heterocycles. The van der Waals surface area contributed by atoms with Crippen LogP contribution >= 0.6 is 11.6 Å². The molecule has 2 unspecified atom stereocenters. The maximum Gasteiger partial charge on any atom is 0.255 e. The Kier molecular flexibility index (Phi) is 5.32. The van der Waals surface area contributed by atoms with Crippen LogP contribution in [0.2, 0.25) is 5.02 Å². The third-order valence-corrected chi connectivity index (χ3v) is 8.60. The number of nitrogens with zero attached hydrogens (tertiary/aromatic N) is 1. The van der Waals surface area contributed by atoms with E-state index in [1.807, 2.05) is 7.05 Å². The highest BCUT2D eigenvalue weighted by Gasteiger charge is 2.47. The van der Waals surface area contributed by atoms with Crippen molar-refractivity contribution in [3.8, 4) is 0 Å². The van der Waals surface area contributed by atoms with Gasteiger partial charge in [0.15, 0.2) is 27.3 Å². The minimum Gasteiger partial charge on any atom is -0.322 e. The largest absolute Gasteiger partial charge is 0.322 e. The molecule has 0 radical (unpaired) electrons. The number of amides is 1. The standard InChI is InChI=1S/C20H18ClF3N2O3S/c1-26-12-7-13(26)9-14(8-12)30(28,29)18-4-10(2-3-15(18)21)20(27)25-11-5-16(22)19(24)17(23)6-11/h2-6,12-14H,7-9H2,1H3,(H,25,27). The molecule has 5 rings (SSSR count). The van der Waals surface area contributed by atoms with E-state index in [9.17, 15) is 26.4 Å². The van der Waals surface area contributed by atoms with Crippen LogP contribution in [0.3, 0.4) is 0 Å². The van der Waals surface area contributed by atoms with Crippen molar-refractivity contribution in [2.24, 2.45) is 0 Å². The van der Waals surface area contributed by atoms with Gasteiger partial charge in [0.05, 0.1) is 15.2 Å². The molecule has 2 atom stereocenters. The van der Waals surface area contributed by atoms with E-state index in [4.69, 9.17) is 11.6 Å². The summed E-state index contributed by atoms with van der Waals surface area (Å²) in [6.45, 7) is 0. The van der Waals surface area contributed by atoms with Crippen molar-refractivity contribution in [2.45, 2.75) is 41.5 Å². The molecule has 2 bridgehead atoms. The Morgan fingerprint density at radius 1 is 1.07 bits per heavy atom. The van der Waals surface area contributed by atoms with E-state index in [-0.39, 0.29) is 33.3 Å². The molecule has 5 nitrogen and oxygen atoms in total. The van der Waals surface area contributed by atoms with Gasteiger partial charge in [0.2, 0.25) is 0 Å². The molecular weight excluding hydrogens is 441 g/mol. The third kappa shape index (κ3) is 3.59. The molecule has 1 N–H and O–H groups in total. The van der Waals surface area contributed by atoms with Crippen LogP contribution in [0.15, 0.2) is 35.2 Å². The first-order valence-corrected chi connectivity index (χ1v) is 11.2. The smallest absolute Gasteiger partial charge is 0.255 e. The highest BCUT2D eigenvalue weighted by atomic mass is 35.5. The fourth-order valence-corrected chi connectivity index (χ4v) is 6.54. The van der Waals surface area contributed by atoms with Crippen LogP contribution in [0.5, 0.6) is 0 Å². The molecule has 2 aromatic carbocycles. The van der Waals surface area contributed by atoms with E-state index in [1.165, 1.54) is 12.1 Å². The van der Waals surface area contributed by atoms with E-state index >= 15 is 0 Å². The number of nitrogens with one attached hydrogen (secondary N) is 1. The number of rotatable bonds is 4. The predicted octanol–water partition coefficient (Wildman–Crippen LogP) is 4.02. The second-order valence-corrected chi connectivity index (χ2v) is 10.3. The minimum atomic E-state index is -3.77. The molecule has 2 aromatic rings. The van der Waals surface area contributed by atoms with E-state index in [0.717, 1.165) is 12.5 Å². The fourth-order valence-electron chi connectivity index (χ4n) is 4.16. The lowest BCUT2D eigenvalue weighted by atomic mass is 9.80. The van der Waals surface area contributed by atoms with Gasteiger partial charge in [0, 0.05) is 35.5 Å². The molecule has 160 valence electrons. The number of hydrogen-bond donors (Lipinski definition) is 1. The fraction of sp³-hybridized carbons (Fsp3) is 0.350. The first kappa shape index (κ1) is 21.1. The van der Waals surface area contributed by atoms with Crippen molar-refractivity contribution in [2.75, 3.05) is 12.4 Å². The van der Waals surface area contributed by atoms with Crippen molar-refractivity contribution in [3.63, 3.8) is 0 Å². The van der Waals surface area contributed by atoms with Crippen LogP contribution in [0.1, 0.15) is 29.6 Å². The van der Waals surface area contributed by atoms with Crippen LogP contribution < -0.4 is 5.32 Å². The summed E-state index contributed by atoms with van der Waals surface area (Å²) in [6, 6.07) is 5.47. The lowest BCUT2D eigenvalue weighted by Gasteiger charge is -2.53. The van der Waals surface area contributed by atoms with Crippen molar-refractivity contribution in [3.05, 3.63) is 58.4 Å². The van der Waals surface area contributed by atoms with Crippen LogP contribution in [-0.4, -0.2) is 43.6 Å². The quantitative estimate of drug-likeness (QED) is 0.703. The second kappa shape index (κ2) is 7.55. The van der Waals surface area contributed by atoms with Crippen molar-refractivity contribution in [1.29, 1.82) is 0 Å². The van der Waals surface area contributed by atoms with Gasteiger partial charge in [-0.05, 0) is 44.5 Å². The highest BCUT2D eigenvalue weighted by Crippen LogP contribution is 2.42. The summed E-state index contributed by atoms with van der Waals surface area (Å²) in [6.07, 6.45) is 1.97. The highest BCUT2D eigenvalue weighted by molar-refractivity contribution is 7.92. The number of anilines is 1. The summed E-state index contributed by atoms with van der Waals surface area (Å²) in [5.74, 6) is -5.36. The van der Waals surface area contributed by atoms with Crippen LogP contribution in [0.25, 0.3) is 0 Å². The lowest BCUT2D eigenvalue weighted by molar-refractivity contribution is -0.000287. The van der Waals surface area contributed by atoms with E-state index < -0.39 is 38.4 Å². The Morgan fingerprint density at radius 3 is 2.23 bits per heavy atom. The first-order valence-electron chi connectivity index (χ1n) is 9.29. The maximum atomic E-state index is 13.4. The Hall–Kier alpha value is -2.10. The number of piperidine rings is 1. The summed E-state index contributed by atoms with van der Waals surface area (Å²) < 4.78 is 66.2. The molecule has 0 spiro atoms. The zero-order valence-electron chi connectivity index (χ0n) is 15.8. The van der Waals surface area contributed by atoms with E-state index in [2.05, 4.69) is 10.2 Å². The number of fused-ring (bicyclic) bond motifs is 2. The number of halogens is 4. The third-order valence-electron chi connectivity index (χ3n) is 5.95. The first-order chi connectivity index (χ1) is 14.1. The molecular formula is C20H18ClF3N2O3S. The molecule has 30 heavy (non-hydrogen) atoms. The molecule has 1 saturated carbocycles. The van der Waals surface area contributed by atoms with Crippen LogP contribution in [0, 0.1) is 17.5 Å². The van der Waals surface area contributed by atoms with Gasteiger partial charge in [0.25, 0.3) is 5.91 Å². The Balaban J connectivity index is 1.59. The summed E-state index contributed by atoms with van der Waals surface area (Å²) in [5.41, 5.74) is -0.354. The molecule has 2 aliphatic heterocycles. The van der Waals surface area contributed by atoms with Gasteiger partial charge in [-0.25, -0.2) is 21.6 Å². The van der Waals surface area contributed by atoms with Crippen LogP contribution in [-0.2, 0) is 9.84 Å². The van der Waals surface area contributed by atoms with Gasteiger partial charge in [-0.2, -0.15) is 0 Å². The molecule has 3 aliphatic rings. The van der Waals surface area contributed by atoms with Gasteiger partial charge < -0.3 is 10.2 Å². The monoisotopic (exact) mass is 458 g/mol. The summed E-state index contributed by atoms with van der Waals surface area (Å²) >= 11 is 6.14. The number of benzene rings is 2. The van der Waals surface area contributed by atoms with Crippen LogP contribution in [0.4, 0.5) is 18.9 Å². The number of carbonyl (C=O) groups excluding carboxylic acids is 1. The summed E-state index contributed by atoms with van der Waals surface area (Å²) in [7, 11) is -1.80. The Morgan fingerprint density at radius 2 is 1.67 bits per heavy atom. The molecule has 2 heterocycles. The van der Waals surface area contributed by atoms with E-state index in [0.29, 0.717) is 25.0 Å². The van der Waals surface area contributed by atoms with Gasteiger partial charge in [0.1, 0.15) is 0 Å². The van der Waals surface area contributed by atoms with Crippen molar-refractivity contribution < 1.29 is 26.4 Å². The molecule has 3 fully saturated rings. The molecule has 1 amide bonds. The average molecular weight is 459 g/mol. The SMILES string of the molecule is CN1C2CC1CC(S(=O)(=O)c1cc(C(=O)Nc3cc(F)c(F)c(F)c3)ccc1Cl)C2. The minimum absolute atomic E-state index is 0.00183. The number of carbonyl (C=O) groups is 1. The predicted molar refractivity (Wildman–Crippen MR) is 106 cm³/mol. The number of sulfone groups is 1.